The number of carbonyl (C=O) groups is 2. The maximum absolute atomic E-state index is 11.8. The molecule has 1 saturated heterocycles. The molecule has 0 aromatic carbocycles. The van der Waals surface area contributed by atoms with E-state index in [-0.39, 0.29) is 18.4 Å². The van der Waals surface area contributed by atoms with Gasteiger partial charge in [0.05, 0.1) is 6.42 Å². The van der Waals surface area contributed by atoms with Gasteiger partial charge in [0.1, 0.15) is 0 Å². The van der Waals surface area contributed by atoms with Gasteiger partial charge in [-0.2, -0.15) is 0 Å². The summed E-state index contributed by atoms with van der Waals surface area (Å²) in [6.45, 7) is 6.01. The largest absolute Gasteiger partial charge is 0.481 e. The van der Waals surface area contributed by atoms with Crippen molar-refractivity contribution >= 4 is 12.0 Å². The van der Waals surface area contributed by atoms with Gasteiger partial charge in [-0.25, -0.2) is 4.79 Å². The molecule has 5 heteroatoms. The topological polar surface area (TPSA) is 60.9 Å². The van der Waals surface area contributed by atoms with Crippen LogP contribution >= 0.6 is 0 Å². The SMILES string of the molecule is CC(C)CN(C)C(=O)N1CC(CC(=O)O)C1. The molecule has 1 aliphatic rings. The van der Waals surface area contributed by atoms with Gasteiger partial charge >= 0.3 is 12.0 Å². The molecule has 0 spiro atoms. The molecule has 0 aromatic heterocycles. The van der Waals surface area contributed by atoms with Gasteiger partial charge in [-0.05, 0) is 5.92 Å². The summed E-state index contributed by atoms with van der Waals surface area (Å²) in [4.78, 5) is 25.6. The standard InChI is InChI=1S/C11H20N2O3/c1-8(2)5-12(3)11(16)13-6-9(7-13)4-10(14)15/h8-9H,4-7H2,1-3H3,(H,14,15). The van der Waals surface area contributed by atoms with Crippen molar-refractivity contribution in [2.45, 2.75) is 20.3 Å². The van der Waals surface area contributed by atoms with Crippen molar-refractivity contribution in [2.24, 2.45) is 11.8 Å². The summed E-state index contributed by atoms with van der Waals surface area (Å²) in [6.07, 6.45) is 0.164. The molecule has 1 rings (SSSR count). The third kappa shape index (κ3) is 3.40. The van der Waals surface area contributed by atoms with Crippen LogP contribution in [0.25, 0.3) is 0 Å². The fourth-order valence-corrected chi connectivity index (χ4v) is 1.97. The van der Waals surface area contributed by atoms with E-state index in [1.54, 1.807) is 16.8 Å². The summed E-state index contributed by atoms with van der Waals surface area (Å²) < 4.78 is 0. The van der Waals surface area contributed by atoms with Crippen LogP contribution in [0, 0.1) is 11.8 Å². The highest BCUT2D eigenvalue weighted by atomic mass is 16.4. The number of likely N-dealkylation sites (tertiary alicyclic amines) is 1. The van der Waals surface area contributed by atoms with E-state index in [4.69, 9.17) is 5.11 Å². The Morgan fingerprint density at radius 3 is 2.44 bits per heavy atom. The number of carboxylic acids is 1. The van der Waals surface area contributed by atoms with Gasteiger partial charge in [0, 0.05) is 32.6 Å². The van der Waals surface area contributed by atoms with Gasteiger partial charge in [-0.15, -0.1) is 0 Å². The van der Waals surface area contributed by atoms with E-state index in [9.17, 15) is 9.59 Å². The molecule has 5 nitrogen and oxygen atoms in total. The number of carboxylic acid groups (broad SMARTS) is 1. The normalized spacial score (nSPS) is 16.1. The number of carbonyl (C=O) groups excluding carboxylic acids is 1. The number of urea groups is 1. The van der Waals surface area contributed by atoms with E-state index in [1.165, 1.54) is 0 Å². The monoisotopic (exact) mass is 228 g/mol. The third-order valence-electron chi connectivity index (χ3n) is 2.66. The first-order valence-corrected chi connectivity index (χ1v) is 5.62. The Bertz CT molecular complexity index is 272. The average molecular weight is 228 g/mol. The summed E-state index contributed by atoms with van der Waals surface area (Å²) >= 11 is 0. The highest BCUT2D eigenvalue weighted by Gasteiger charge is 2.33. The lowest BCUT2D eigenvalue weighted by molar-refractivity contribution is -0.139. The summed E-state index contributed by atoms with van der Waals surface area (Å²) in [5.74, 6) is -0.202. The van der Waals surface area contributed by atoms with E-state index >= 15 is 0 Å². The maximum Gasteiger partial charge on any atom is 0.319 e. The predicted molar refractivity (Wildman–Crippen MR) is 60.2 cm³/mol. The lowest BCUT2D eigenvalue weighted by Gasteiger charge is -2.40. The molecule has 0 atom stereocenters. The Kier molecular flexibility index (Phi) is 4.15. The number of nitrogens with zero attached hydrogens (tertiary/aromatic N) is 2. The van der Waals surface area contributed by atoms with Crippen LogP contribution in [0.1, 0.15) is 20.3 Å². The Labute approximate surface area is 96.0 Å². The summed E-state index contributed by atoms with van der Waals surface area (Å²) in [7, 11) is 1.78. The zero-order chi connectivity index (χ0) is 12.3. The summed E-state index contributed by atoms with van der Waals surface area (Å²) in [5.41, 5.74) is 0. The Morgan fingerprint density at radius 2 is 2.00 bits per heavy atom. The smallest absolute Gasteiger partial charge is 0.319 e. The van der Waals surface area contributed by atoms with Crippen LogP contribution in [-0.4, -0.2) is 53.6 Å². The molecular formula is C11H20N2O3. The van der Waals surface area contributed by atoms with Crippen molar-refractivity contribution in [3.05, 3.63) is 0 Å². The van der Waals surface area contributed by atoms with Crippen molar-refractivity contribution in [3.63, 3.8) is 0 Å². The van der Waals surface area contributed by atoms with Crippen LogP contribution in [-0.2, 0) is 4.79 Å². The Hall–Kier alpha value is -1.26. The number of rotatable bonds is 4. The minimum absolute atomic E-state index is 0.00957. The third-order valence-corrected chi connectivity index (χ3v) is 2.66. The Morgan fingerprint density at radius 1 is 1.44 bits per heavy atom. The van der Waals surface area contributed by atoms with Crippen molar-refractivity contribution < 1.29 is 14.7 Å². The molecule has 1 fully saturated rings. The predicted octanol–water partition coefficient (Wildman–Crippen LogP) is 1.10. The molecular weight excluding hydrogens is 208 g/mol. The van der Waals surface area contributed by atoms with Crippen molar-refractivity contribution in [1.82, 2.24) is 9.80 Å². The molecule has 16 heavy (non-hydrogen) atoms. The van der Waals surface area contributed by atoms with Crippen LogP contribution in [0.4, 0.5) is 4.79 Å². The molecule has 0 bridgehead atoms. The van der Waals surface area contributed by atoms with Gasteiger partial charge in [-0.3, -0.25) is 4.79 Å². The molecule has 1 N–H and O–H groups in total. The zero-order valence-corrected chi connectivity index (χ0v) is 10.1. The van der Waals surface area contributed by atoms with Crippen LogP contribution in [0.5, 0.6) is 0 Å². The average Bonchev–Trinajstić information content (AvgIpc) is 2.07. The van der Waals surface area contributed by atoms with Gasteiger partial charge in [0.15, 0.2) is 0 Å². The first-order valence-electron chi connectivity index (χ1n) is 5.62. The van der Waals surface area contributed by atoms with E-state index in [0.717, 1.165) is 6.54 Å². The van der Waals surface area contributed by atoms with Gasteiger partial charge in [0.2, 0.25) is 0 Å². The first-order chi connectivity index (χ1) is 7.40. The number of hydrogen-bond acceptors (Lipinski definition) is 2. The van der Waals surface area contributed by atoms with E-state index in [2.05, 4.69) is 13.8 Å². The number of aliphatic carboxylic acids is 1. The lowest BCUT2D eigenvalue weighted by atomic mass is 9.97. The minimum Gasteiger partial charge on any atom is -0.481 e. The quantitative estimate of drug-likeness (QED) is 0.783. The molecule has 0 unspecified atom stereocenters. The van der Waals surface area contributed by atoms with Crippen LogP contribution in [0.2, 0.25) is 0 Å². The molecule has 0 aromatic rings. The molecule has 1 heterocycles. The molecule has 2 amide bonds. The fraction of sp³-hybridized carbons (Fsp3) is 0.818. The fourth-order valence-electron chi connectivity index (χ4n) is 1.97. The second-order valence-electron chi connectivity index (χ2n) is 4.93. The molecule has 1 aliphatic heterocycles. The lowest BCUT2D eigenvalue weighted by Crippen LogP contribution is -2.54. The first kappa shape index (κ1) is 12.8. The van der Waals surface area contributed by atoms with Crippen LogP contribution < -0.4 is 0 Å². The van der Waals surface area contributed by atoms with Crippen molar-refractivity contribution in [2.75, 3.05) is 26.7 Å². The van der Waals surface area contributed by atoms with E-state index < -0.39 is 5.97 Å². The highest BCUT2D eigenvalue weighted by Crippen LogP contribution is 2.20. The zero-order valence-electron chi connectivity index (χ0n) is 10.1. The van der Waals surface area contributed by atoms with E-state index in [0.29, 0.717) is 19.0 Å². The van der Waals surface area contributed by atoms with Crippen molar-refractivity contribution in [1.29, 1.82) is 0 Å². The van der Waals surface area contributed by atoms with Crippen LogP contribution in [0.3, 0.4) is 0 Å². The maximum atomic E-state index is 11.8. The molecule has 0 radical (unpaired) electrons. The summed E-state index contributed by atoms with van der Waals surface area (Å²) in [6, 6.07) is 0.00957. The Balaban J connectivity index is 2.28. The van der Waals surface area contributed by atoms with E-state index in [1.807, 2.05) is 0 Å². The molecule has 0 saturated carbocycles. The van der Waals surface area contributed by atoms with Gasteiger partial charge in [0.25, 0.3) is 0 Å². The minimum atomic E-state index is -0.785. The summed E-state index contributed by atoms with van der Waals surface area (Å²) in [5, 5.41) is 8.59. The second-order valence-corrected chi connectivity index (χ2v) is 4.93. The second kappa shape index (κ2) is 5.18. The van der Waals surface area contributed by atoms with Crippen molar-refractivity contribution in [3.8, 4) is 0 Å². The molecule has 0 aliphatic carbocycles. The molecule has 92 valence electrons. The number of hydrogen-bond donors (Lipinski definition) is 1. The van der Waals surface area contributed by atoms with Crippen LogP contribution in [0.15, 0.2) is 0 Å². The number of amides is 2. The highest BCUT2D eigenvalue weighted by molar-refractivity contribution is 5.75. The van der Waals surface area contributed by atoms with Gasteiger partial charge in [-0.1, -0.05) is 13.8 Å². The van der Waals surface area contributed by atoms with Gasteiger partial charge < -0.3 is 14.9 Å².